The lowest BCUT2D eigenvalue weighted by atomic mass is 10.0. The number of aliphatic hydroxyl groups excluding tert-OH is 2. The summed E-state index contributed by atoms with van der Waals surface area (Å²) < 4.78 is 26.9. The third kappa shape index (κ3) is 2.76. The van der Waals surface area contributed by atoms with E-state index in [2.05, 4.69) is 21.2 Å². The molecular weight excluding hydrogens is 284 g/mol. The van der Waals surface area contributed by atoms with E-state index in [9.17, 15) is 19.0 Å². The zero-order chi connectivity index (χ0) is 12.3. The molecule has 0 amide bonds. The first-order valence-corrected chi connectivity index (χ1v) is 5.42. The highest BCUT2D eigenvalue weighted by Gasteiger charge is 2.25. The first-order chi connectivity index (χ1) is 7.49. The van der Waals surface area contributed by atoms with Crippen LogP contribution in [-0.2, 0) is 0 Å². The molecule has 0 saturated carbocycles. The Morgan fingerprint density at radius 3 is 2.56 bits per heavy atom. The summed E-state index contributed by atoms with van der Waals surface area (Å²) in [4.78, 5) is 0. The minimum atomic E-state index is -1.61. The topological polar surface area (TPSA) is 52.5 Å². The van der Waals surface area contributed by atoms with Crippen LogP contribution in [0.5, 0.6) is 0 Å². The van der Waals surface area contributed by atoms with Crippen molar-refractivity contribution in [3.8, 4) is 0 Å². The van der Waals surface area contributed by atoms with Gasteiger partial charge in [0.25, 0.3) is 0 Å². The number of nitrogens with one attached hydrogen (secondary N) is 1. The highest BCUT2D eigenvalue weighted by atomic mass is 79.9. The summed E-state index contributed by atoms with van der Waals surface area (Å²) in [6.07, 6.45) is -2.88. The molecule has 0 spiro atoms. The number of halogens is 3. The molecule has 2 unspecified atom stereocenters. The van der Waals surface area contributed by atoms with Gasteiger partial charge >= 0.3 is 0 Å². The van der Waals surface area contributed by atoms with Gasteiger partial charge in [-0.25, -0.2) is 8.78 Å². The van der Waals surface area contributed by atoms with E-state index >= 15 is 0 Å². The van der Waals surface area contributed by atoms with Crippen molar-refractivity contribution in [3.63, 3.8) is 0 Å². The van der Waals surface area contributed by atoms with Crippen molar-refractivity contribution in [3.05, 3.63) is 33.8 Å². The zero-order valence-corrected chi connectivity index (χ0v) is 10.1. The molecule has 1 aromatic carbocycles. The van der Waals surface area contributed by atoms with Crippen molar-refractivity contribution in [2.24, 2.45) is 0 Å². The second-order valence-electron chi connectivity index (χ2n) is 3.33. The zero-order valence-electron chi connectivity index (χ0n) is 8.54. The average Bonchev–Trinajstić information content (AvgIpc) is 2.24. The Morgan fingerprint density at radius 2 is 2.00 bits per heavy atom. The summed E-state index contributed by atoms with van der Waals surface area (Å²) in [5, 5.41) is 21.7. The van der Waals surface area contributed by atoms with Crippen molar-refractivity contribution < 1.29 is 19.0 Å². The van der Waals surface area contributed by atoms with Gasteiger partial charge in [-0.05, 0) is 35.1 Å². The van der Waals surface area contributed by atoms with Gasteiger partial charge in [0, 0.05) is 6.54 Å². The van der Waals surface area contributed by atoms with Crippen LogP contribution in [0.25, 0.3) is 0 Å². The molecule has 0 fully saturated rings. The molecule has 1 aromatic rings. The molecule has 0 heterocycles. The molecule has 0 aliphatic carbocycles. The van der Waals surface area contributed by atoms with Gasteiger partial charge in [0.1, 0.15) is 17.7 Å². The molecule has 16 heavy (non-hydrogen) atoms. The molecule has 6 heteroatoms. The van der Waals surface area contributed by atoms with E-state index in [-0.39, 0.29) is 11.0 Å². The van der Waals surface area contributed by atoms with E-state index in [0.29, 0.717) is 0 Å². The average molecular weight is 296 g/mol. The molecule has 0 aliphatic rings. The third-order valence-electron chi connectivity index (χ3n) is 2.15. The first kappa shape index (κ1) is 13.5. The standard InChI is InChI=1S/C10H12BrF2NO2/c1-14-4-7(15)10(16)8-6(12)3-2-5(11)9(8)13/h2-3,7,10,14-16H,4H2,1H3. The summed E-state index contributed by atoms with van der Waals surface area (Å²) in [6.45, 7) is 0.0343. The summed E-state index contributed by atoms with van der Waals surface area (Å²) in [5.41, 5.74) is -0.530. The maximum Gasteiger partial charge on any atom is 0.146 e. The van der Waals surface area contributed by atoms with Crippen LogP contribution in [0.2, 0.25) is 0 Å². The molecule has 3 N–H and O–H groups in total. The quantitative estimate of drug-likeness (QED) is 0.735. The number of aliphatic hydroxyl groups is 2. The van der Waals surface area contributed by atoms with Crippen molar-refractivity contribution >= 4 is 15.9 Å². The van der Waals surface area contributed by atoms with Crippen LogP contribution >= 0.6 is 15.9 Å². The second-order valence-corrected chi connectivity index (χ2v) is 4.18. The summed E-state index contributed by atoms with van der Waals surface area (Å²) in [6, 6.07) is 2.23. The molecule has 3 nitrogen and oxygen atoms in total. The Morgan fingerprint density at radius 1 is 1.38 bits per heavy atom. The highest BCUT2D eigenvalue weighted by Crippen LogP contribution is 2.28. The van der Waals surface area contributed by atoms with E-state index < -0.39 is 29.4 Å². The first-order valence-electron chi connectivity index (χ1n) is 4.63. The molecule has 2 atom stereocenters. The predicted molar refractivity (Wildman–Crippen MR) is 59.0 cm³/mol. The van der Waals surface area contributed by atoms with Crippen LogP contribution < -0.4 is 5.32 Å². The fourth-order valence-electron chi connectivity index (χ4n) is 1.33. The molecule has 0 saturated heterocycles. The SMILES string of the molecule is CNCC(O)C(O)c1c(F)ccc(Br)c1F. The van der Waals surface area contributed by atoms with E-state index in [1.54, 1.807) is 7.05 Å². The number of rotatable bonds is 4. The Balaban J connectivity index is 3.07. The lowest BCUT2D eigenvalue weighted by molar-refractivity contribution is 0.0158. The normalized spacial score (nSPS) is 14.9. The maximum absolute atomic E-state index is 13.5. The van der Waals surface area contributed by atoms with Gasteiger partial charge in [-0.3, -0.25) is 0 Å². The number of likely N-dealkylation sites (N-methyl/N-ethyl adjacent to an activating group) is 1. The van der Waals surface area contributed by atoms with E-state index in [1.165, 1.54) is 6.07 Å². The third-order valence-corrected chi connectivity index (χ3v) is 2.77. The van der Waals surface area contributed by atoms with Crippen molar-refractivity contribution in [1.82, 2.24) is 5.32 Å². The van der Waals surface area contributed by atoms with E-state index in [1.807, 2.05) is 0 Å². The Bertz CT molecular complexity index is 376. The Kier molecular flexibility index (Phi) is 4.79. The molecule has 0 radical (unpaired) electrons. The minimum absolute atomic E-state index is 0.0343. The van der Waals surface area contributed by atoms with E-state index in [0.717, 1.165) is 6.07 Å². The lowest BCUT2D eigenvalue weighted by Crippen LogP contribution is -2.30. The van der Waals surface area contributed by atoms with Gasteiger partial charge in [0.05, 0.1) is 16.1 Å². The van der Waals surface area contributed by atoms with Gasteiger partial charge in [-0.2, -0.15) is 0 Å². The summed E-state index contributed by atoms with van der Waals surface area (Å²) in [5.74, 6) is -1.79. The molecule has 90 valence electrons. The van der Waals surface area contributed by atoms with Gasteiger partial charge in [-0.1, -0.05) is 0 Å². The van der Waals surface area contributed by atoms with Crippen LogP contribution in [0, 0.1) is 11.6 Å². The summed E-state index contributed by atoms with van der Waals surface area (Å²) in [7, 11) is 1.56. The van der Waals surface area contributed by atoms with Crippen molar-refractivity contribution in [1.29, 1.82) is 0 Å². The second kappa shape index (κ2) is 5.67. The lowest BCUT2D eigenvalue weighted by Gasteiger charge is -2.19. The van der Waals surface area contributed by atoms with Crippen LogP contribution in [0.4, 0.5) is 8.78 Å². The fraction of sp³-hybridized carbons (Fsp3) is 0.400. The fourth-order valence-corrected chi connectivity index (χ4v) is 1.67. The van der Waals surface area contributed by atoms with Gasteiger partial charge in [-0.15, -0.1) is 0 Å². The van der Waals surface area contributed by atoms with Crippen LogP contribution in [0.15, 0.2) is 16.6 Å². The van der Waals surface area contributed by atoms with Crippen LogP contribution in [0.3, 0.4) is 0 Å². The molecule has 0 bridgehead atoms. The number of benzene rings is 1. The van der Waals surface area contributed by atoms with Gasteiger partial charge in [0.2, 0.25) is 0 Å². The summed E-state index contributed by atoms with van der Waals surface area (Å²) >= 11 is 2.89. The molecule has 1 rings (SSSR count). The highest BCUT2D eigenvalue weighted by molar-refractivity contribution is 9.10. The number of hydrogen-bond acceptors (Lipinski definition) is 3. The molecular formula is C10H12BrF2NO2. The Hall–Kier alpha value is -0.560. The van der Waals surface area contributed by atoms with Gasteiger partial charge in [0.15, 0.2) is 0 Å². The van der Waals surface area contributed by atoms with Crippen LogP contribution in [-0.4, -0.2) is 29.9 Å². The smallest absolute Gasteiger partial charge is 0.146 e. The molecule has 0 aliphatic heterocycles. The van der Waals surface area contributed by atoms with Crippen molar-refractivity contribution in [2.75, 3.05) is 13.6 Å². The molecule has 0 aromatic heterocycles. The van der Waals surface area contributed by atoms with Crippen LogP contribution in [0.1, 0.15) is 11.7 Å². The number of hydrogen-bond donors (Lipinski definition) is 3. The Labute approximate surface area is 100 Å². The largest absolute Gasteiger partial charge is 0.389 e. The monoisotopic (exact) mass is 295 g/mol. The maximum atomic E-state index is 13.5. The predicted octanol–water partition coefficient (Wildman–Crippen LogP) is 1.34. The van der Waals surface area contributed by atoms with Gasteiger partial charge < -0.3 is 15.5 Å². The van der Waals surface area contributed by atoms with E-state index in [4.69, 9.17) is 0 Å². The van der Waals surface area contributed by atoms with Crippen molar-refractivity contribution in [2.45, 2.75) is 12.2 Å². The minimum Gasteiger partial charge on any atom is -0.389 e.